The van der Waals surface area contributed by atoms with Gasteiger partial charge in [0, 0.05) is 12.2 Å². The fourth-order valence-electron chi connectivity index (χ4n) is 0.871. The predicted molar refractivity (Wildman–Crippen MR) is 67.1 cm³/mol. The number of nitrogens with one attached hydrogen (secondary N) is 1. The molecule has 0 rings (SSSR count). The zero-order valence-corrected chi connectivity index (χ0v) is 10.6. The predicted octanol–water partition coefficient (Wildman–Crippen LogP) is 1.89. The Labute approximate surface area is 103 Å². The standard InChI is InChI=1S/C8H19N.C4H4O4/c1-3-5-7-9-8-6-4-2;5-3(6)1-2-4(7)8/h9H,3-8H2,1-2H3;1-2H,(H,5,6)(H,7,8)/b;2-1-. The van der Waals surface area contributed by atoms with Crippen LogP contribution < -0.4 is 5.32 Å². The van der Waals surface area contributed by atoms with Crippen molar-refractivity contribution in [3.8, 4) is 0 Å². The van der Waals surface area contributed by atoms with Crippen molar-refractivity contribution < 1.29 is 19.8 Å². The maximum absolute atomic E-state index is 9.55. The van der Waals surface area contributed by atoms with Crippen molar-refractivity contribution in [1.82, 2.24) is 5.32 Å². The van der Waals surface area contributed by atoms with Crippen LogP contribution in [0, 0.1) is 0 Å². The smallest absolute Gasteiger partial charge is 0.328 e. The zero-order valence-electron chi connectivity index (χ0n) is 10.6. The Kier molecular flexibility index (Phi) is 15.5. The Hall–Kier alpha value is -1.36. The molecule has 0 atom stereocenters. The molecule has 0 saturated carbocycles. The van der Waals surface area contributed by atoms with Crippen LogP contribution in [0.4, 0.5) is 0 Å². The molecule has 5 heteroatoms. The van der Waals surface area contributed by atoms with Crippen LogP contribution in [-0.4, -0.2) is 35.2 Å². The van der Waals surface area contributed by atoms with Gasteiger partial charge < -0.3 is 15.5 Å². The molecule has 3 N–H and O–H groups in total. The fraction of sp³-hybridized carbons (Fsp3) is 0.667. The van der Waals surface area contributed by atoms with Crippen LogP contribution in [0.2, 0.25) is 0 Å². The van der Waals surface area contributed by atoms with E-state index >= 15 is 0 Å². The van der Waals surface area contributed by atoms with Crippen molar-refractivity contribution in [3.05, 3.63) is 12.2 Å². The summed E-state index contributed by atoms with van der Waals surface area (Å²) in [5.41, 5.74) is 0. The molecule has 0 amide bonds. The van der Waals surface area contributed by atoms with Crippen molar-refractivity contribution in [2.75, 3.05) is 13.1 Å². The first kappa shape index (κ1) is 18.0. The summed E-state index contributed by atoms with van der Waals surface area (Å²) >= 11 is 0. The van der Waals surface area contributed by atoms with E-state index in [1.807, 2.05) is 0 Å². The summed E-state index contributed by atoms with van der Waals surface area (Å²) in [5.74, 6) is -2.51. The second kappa shape index (κ2) is 14.6. The van der Waals surface area contributed by atoms with Crippen LogP contribution in [-0.2, 0) is 9.59 Å². The van der Waals surface area contributed by atoms with Crippen LogP contribution in [0.15, 0.2) is 12.2 Å². The van der Waals surface area contributed by atoms with Gasteiger partial charge in [0.25, 0.3) is 0 Å². The van der Waals surface area contributed by atoms with Gasteiger partial charge in [0.15, 0.2) is 0 Å². The molecule has 0 aliphatic carbocycles. The first-order chi connectivity index (χ1) is 8.04. The minimum Gasteiger partial charge on any atom is -0.478 e. The van der Waals surface area contributed by atoms with Gasteiger partial charge in [-0.2, -0.15) is 0 Å². The number of unbranched alkanes of at least 4 members (excludes halogenated alkanes) is 2. The first-order valence-corrected chi connectivity index (χ1v) is 5.89. The molecule has 17 heavy (non-hydrogen) atoms. The Morgan fingerprint density at radius 3 is 1.53 bits per heavy atom. The van der Waals surface area contributed by atoms with Gasteiger partial charge in [-0.15, -0.1) is 0 Å². The van der Waals surface area contributed by atoms with Gasteiger partial charge in [0.2, 0.25) is 0 Å². The van der Waals surface area contributed by atoms with E-state index in [0.29, 0.717) is 12.2 Å². The lowest BCUT2D eigenvalue weighted by Crippen LogP contribution is -2.15. The third kappa shape index (κ3) is 25.2. The number of carboxylic acid groups (broad SMARTS) is 2. The highest BCUT2D eigenvalue weighted by Gasteiger charge is 1.88. The lowest BCUT2D eigenvalue weighted by atomic mass is 10.3. The van der Waals surface area contributed by atoms with Crippen LogP contribution >= 0.6 is 0 Å². The lowest BCUT2D eigenvalue weighted by Gasteiger charge is -1.99. The van der Waals surface area contributed by atoms with Crippen LogP contribution in [0.1, 0.15) is 39.5 Å². The van der Waals surface area contributed by atoms with Gasteiger partial charge in [0.1, 0.15) is 0 Å². The highest BCUT2D eigenvalue weighted by Crippen LogP contribution is 1.85. The summed E-state index contributed by atoms with van der Waals surface area (Å²) in [4.78, 5) is 19.1. The molecule has 0 bridgehead atoms. The Morgan fingerprint density at radius 1 is 0.941 bits per heavy atom. The zero-order chi connectivity index (χ0) is 13.5. The summed E-state index contributed by atoms with van der Waals surface area (Å²) in [5, 5.41) is 19.0. The highest BCUT2D eigenvalue weighted by molar-refractivity contribution is 5.89. The van der Waals surface area contributed by atoms with Crippen LogP contribution in [0.5, 0.6) is 0 Å². The van der Waals surface area contributed by atoms with Gasteiger partial charge in [-0.1, -0.05) is 26.7 Å². The quantitative estimate of drug-likeness (QED) is 0.449. The van der Waals surface area contributed by atoms with E-state index in [2.05, 4.69) is 19.2 Å². The lowest BCUT2D eigenvalue weighted by molar-refractivity contribution is -0.134. The molecule has 0 fully saturated rings. The van der Waals surface area contributed by atoms with Crippen molar-refractivity contribution in [2.24, 2.45) is 0 Å². The summed E-state index contributed by atoms with van der Waals surface area (Å²) in [6.45, 7) is 6.86. The van der Waals surface area contributed by atoms with E-state index in [1.165, 1.54) is 38.8 Å². The van der Waals surface area contributed by atoms with E-state index in [9.17, 15) is 9.59 Å². The summed E-state index contributed by atoms with van der Waals surface area (Å²) in [7, 11) is 0. The third-order valence-corrected chi connectivity index (χ3v) is 1.78. The molecular formula is C12H23NO4. The molecule has 0 saturated heterocycles. The topological polar surface area (TPSA) is 86.6 Å². The van der Waals surface area contributed by atoms with Crippen LogP contribution in [0.25, 0.3) is 0 Å². The van der Waals surface area contributed by atoms with E-state index in [0.717, 1.165) is 0 Å². The van der Waals surface area contributed by atoms with Gasteiger partial charge in [-0.3, -0.25) is 0 Å². The first-order valence-electron chi connectivity index (χ1n) is 5.89. The Balaban J connectivity index is 0. The normalized spacial score (nSPS) is 9.76. The average Bonchev–Trinajstić information content (AvgIpc) is 2.27. The van der Waals surface area contributed by atoms with E-state index < -0.39 is 11.9 Å². The SMILES string of the molecule is CCCCNCCCC.O=C(O)/C=C\C(=O)O. The third-order valence-electron chi connectivity index (χ3n) is 1.78. The largest absolute Gasteiger partial charge is 0.478 e. The second-order valence-electron chi connectivity index (χ2n) is 3.47. The maximum Gasteiger partial charge on any atom is 0.328 e. The highest BCUT2D eigenvalue weighted by atomic mass is 16.4. The molecule has 0 aromatic carbocycles. The van der Waals surface area contributed by atoms with Crippen molar-refractivity contribution in [1.29, 1.82) is 0 Å². The van der Waals surface area contributed by atoms with Crippen molar-refractivity contribution in [2.45, 2.75) is 39.5 Å². The number of hydrogen-bond acceptors (Lipinski definition) is 3. The fourth-order valence-corrected chi connectivity index (χ4v) is 0.871. The second-order valence-corrected chi connectivity index (χ2v) is 3.47. The summed E-state index contributed by atoms with van der Waals surface area (Å²) in [6.07, 6.45) is 6.37. The minimum absolute atomic E-state index is 0.558. The Morgan fingerprint density at radius 2 is 1.29 bits per heavy atom. The van der Waals surface area contributed by atoms with Crippen molar-refractivity contribution >= 4 is 11.9 Å². The molecule has 0 aromatic rings. The molecule has 0 aliphatic heterocycles. The monoisotopic (exact) mass is 245 g/mol. The number of carboxylic acids is 2. The van der Waals surface area contributed by atoms with Gasteiger partial charge in [-0.05, 0) is 25.9 Å². The van der Waals surface area contributed by atoms with E-state index in [1.54, 1.807) is 0 Å². The van der Waals surface area contributed by atoms with Gasteiger partial charge >= 0.3 is 11.9 Å². The van der Waals surface area contributed by atoms with Crippen molar-refractivity contribution in [3.63, 3.8) is 0 Å². The summed E-state index contributed by atoms with van der Waals surface area (Å²) in [6, 6.07) is 0. The molecule has 0 aliphatic rings. The molecule has 100 valence electrons. The molecule has 0 aromatic heterocycles. The molecule has 0 heterocycles. The van der Waals surface area contributed by atoms with E-state index in [-0.39, 0.29) is 0 Å². The minimum atomic E-state index is -1.26. The van der Waals surface area contributed by atoms with Crippen LogP contribution in [0.3, 0.4) is 0 Å². The van der Waals surface area contributed by atoms with E-state index in [4.69, 9.17) is 10.2 Å². The molecule has 0 radical (unpaired) electrons. The number of aliphatic carboxylic acids is 2. The Bertz CT molecular complexity index is 205. The maximum atomic E-state index is 9.55. The van der Waals surface area contributed by atoms with Gasteiger partial charge in [-0.25, -0.2) is 9.59 Å². The summed E-state index contributed by atoms with van der Waals surface area (Å²) < 4.78 is 0. The number of hydrogen-bond donors (Lipinski definition) is 3. The molecule has 5 nitrogen and oxygen atoms in total. The molecular weight excluding hydrogens is 222 g/mol. The number of rotatable bonds is 8. The number of carbonyl (C=O) groups is 2. The average molecular weight is 245 g/mol. The molecule has 0 spiro atoms. The van der Waals surface area contributed by atoms with Gasteiger partial charge in [0.05, 0.1) is 0 Å². The molecule has 0 unspecified atom stereocenters.